The Balaban J connectivity index is 2.18. The summed E-state index contributed by atoms with van der Waals surface area (Å²) in [6, 6.07) is 6.63. The van der Waals surface area contributed by atoms with Crippen LogP contribution in [0, 0.1) is 11.7 Å². The van der Waals surface area contributed by atoms with Crippen molar-refractivity contribution >= 4 is 0 Å². The minimum atomic E-state index is -1.09. The van der Waals surface area contributed by atoms with E-state index in [9.17, 15) is 9.50 Å². The van der Waals surface area contributed by atoms with Crippen LogP contribution in [-0.2, 0) is 10.3 Å². The first-order valence-corrected chi connectivity index (χ1v) is 7.85. The third-order valence-corrected chi connectivity index (χ3v) is 4.47. The van der Waals surface area contributed by atoms with Crippen molar-refractivity contribution in [1.82, 2.24) is 5.32 Å². The van der Waals surface area contributed by atoms with Gasteiger partial charge in [0.15, 0.2) is 0 Å². The number of piperidine rings is 1. The molecule has 1 heterocycles. The summed E-state index contributed by atoms with van der Waals surface area (Å²) in [7, 11) is 1.67. The van der Waals surface area contributed by atoms with E-state index >= 15 is 0 Å². The Labute approximate surface area is 126 Å². The Hall–Kier alpha value is -0.970. The maximum Gasteiger partial charge on any atom is 0.129 e. The minimum Gasteiger partial charge on any atom is -0.385 e. The highest BCUT2D eigenvalue weighted by Gasteiger charge is 2.40. The van der Waals surface area contributed by atoms with Crippen molar-refractivity contribution < 1.29 is 14.2 Å². The van der Waals surface area contributed by atoms with E-state index in [2.05, 4.69) is 5.32 Å². The van der Waals surface area contributed by atoms with Crippen molar-refractivity contribution in [1.29, 1.82) is 0 Å². The van der Waals surface area contributed by atoms with Gasteiger partial charge in [-0.3, -0.25) is 0 Å². The van der Waals surface area contributed by atoms with Gasteiger partial charge >= 0.3 is 0 Å². The van der Waals surface area contributed by atoms with E-state index in [1.54, 1.807) is 25.3 Å². The van der Waals surface area contributed by atoms with E-state index in [0.717, 1.165) is 38.8 Å². The molecule has 1 saturated heterocycles. The lowest BCUT2D eigenvalue weighted by molar-refractivity contribution is -0.0460. The molecule has 0 bridgehead atoms. The van der Waals surface area contributed by atoms with E-state index in [-0.39, 0.29) is 11.7 Å². The molecule has 0 spiro atoms. The van der Waals surface area contributed by atoms with Crippen LogP contribution in [0.2, 0.25) is 0 Å². The van der Waals surface area contributed by atoms with E-state index in [4.69, 9.17) is 4.74 Å². The largest absolute Gasteiger partial charge is 0.385 e. The first-order valence-electron chi connectivity index (χ1n) is 7.85. The molecule has 4 heteroatoms. The van der Waals surface area contributed by atoms with Gasteiger partial charge in [0.05, 0.1) is 5.60 Å². The van der Waals surface area contributed by atoms with Gasteiger partial charge in [0.1, 0.15) is 5.82 Å². The van der Waals surface area contributed by atoms with Crippen molar-refractivity contribution in [2.45, 2.75) is 37.7 Å². The van der Waals surface area contributed by atoms with Crippen LogP contribution in [0.3, 0.4) is 0 Å². The highest BCUT2D eigenvalue weighted by atomic mass is 19.1. The van der Waals surface area contributed by atoms with Gasteiger partial charge in [-0.25, -0.2) is 4.39 Å². The number of nitrogens with one attached hydrogen (secondary N) is 1. The van der Waals surface area contributed by atoms with Gasteiger partial charge in [-0.05, 0) is 44.7 Å². The second kappa shape index (κ2) is 7.87. The molecule has 1 aliphatic rings. The maximum absolute atomic E-state index is 14.2. The lowest BCUT2D eigenvalue weighted by Gasteiger charge is -2.39. The summed E-state index contributed by atoms with van der Waals surface area (Å²) >= 11 is 0. The van der Waals surface area contributed by atoms with Crippen LogP contribution < -0.4 is 5.32 Å². The lowest BCUT2D eigenvalue weighted by Crippen LogP contribution is -2.44. The Kier molecular flexibility index (Phi) is 6.15. The van der Waals surface area contributed by atoms with Crippen molar-refractivity contribution in [3.63, 3.8) is 0 Å². The average Bonchev–Trinajstić information content (AvgIpc) is 2.53. The highest BCUT2D eigenvalue weighted by molar-refractivity contribution is 5.25. The second-order valence-corrected chi connectivity index (χ2v) is 5.90. The van der Waals surface area contributed by atoms with Crippen LogP contribution in [0.1, 0.15) is 37.7 Å². The first-order chi connectivity index (χ1) is 10.2. The predicted octanol–water partition coefficient (Wildman–Crippen LogP) is 2.83. The molecule has 1 unspecified atom stereocenters. The normalized spacial score (nSPS) is 22.0. The summed E-state index contributed by atoms with van der Waals surface area (Å²) in [6.07, 6.45) is 4.24. The van der Waals surface area contributed by atoms with Crippen LogP contribution >= 0.6 is 0 Å². The number of aliphatic hydroxyl groups is 1. The van der Waals surface area contributed by atoms with Gasteiger partial charge in [0.2, 0.25) is 0 Å². The number of unbranched alkanes of at least 4 members (excludes halogenated alkanes) is 1. The van der Waals surface area contributed by atoms with E-state index in [0.29, 0.717) is 18.6 Å². The first kappa shape index (κ1) is 16.4. The number of halogens is 1. The van der Waals surface area contributed by atoms with Crippen molar-refractivity contribution in [2.24, 2.45) is 5.92 Å². The van der Waals surface area contributed by atoms with Gasteiger partial charge in [-0.1, -0.05) is 18.2 Å². The minimum absolute atomic E-state index is 0.0608. The van der Waals surface area contributed by atoms with E-state index in [1.807, 2.05) is 0 Å². The smallest absolute Gasteiger partial charge is 0.129 e. The SMILES string of the molecule is COCCCC[C@@](O)(c1ccccc1F)C1CCCNC1. The standard InChI is InChI=1S/C17H26FNO2/c1-21-12-5-4-10-17(20,14-7-6-11-19-13-14)15-8-2-3-9-16(15)18/h2-3,8-9,14,19-20H,4-7,10-13H2,1H3/t14?,17-/m0/s1. The van der Waals surface area contributed by atoms with Gasteiger partial charge in [-0.2, -0.15) is 0 Å². The third kappa shape index (κ3) is 4.02. The molecule has 1 aromatic rings. The zero-order valence-corrected chi connectivity index (χ0v) is 12.8. The molecule has 0 aliphatic carbocycles. The Morgan fingerprint density at radius 2 is 2.19 bits per heavy atom. The molecule has 1 aromatic carbocycles. The summed E-state index contributed by atoms with van der Waals surface area (Å²) in [5.41, 5.74) is -0.650. The molecule has 2 rings (SSSR count). The van der Waals surface area contributed by atoms with E-state index in [1.165, 1.54) is 6.07 Å². The van der Waals surface area contributed by atoms with Gasteiger partial charge in [0, 0.05) is 31.7 Å². The number of hydrogen-bond donors (Lipinski definition) is 2. The highest BCUT2D eigenvalue weighted by Crippen LogP contribution is 2.39. The summed E-state index contributed by atoms with van der Waals surface area (Å²) in [6.45, 7) is 2.40. The Bertz CT molecular complexity index is 435. The third-order valence-electron chi connectivity index (χ3n) is 4.47. The number of methoxy groups -OCH3 is 1. The molecule has 21 heavy (non-hydrogen) atoms. The quantitative estimate of drug-likeness (QED) is 0.760. The zero-order chi connectivity index (χ0) is 15.1. The molecule has 0 amide bonds. The molecule has 0 radical (unpaired) electrons. The van der Waals surface area contributed by atoms with E-state index < -0.39 is 5.60 Å². The molecule has 3 nitrogen and oxygen atoms in total. The number of benzene rings is 1. The molecule has 0 aromatic heterocycles. The fraction of sp³-hybridized carbons (Fsp3) is 0.647. The molecule has 0 saturated carbocycles. The van der Waals surface area contributed by atoms with Crippen molar-refractivity contribution in [3.8, 4) is 0 Å². The molecule has 2 N–H and O–H groups in total. The molecule has 118 valence electrons. The predicted molar refractivity (Wildman–Crippen MR) is 81.6 cm³/mol. The fourth-order valence-electron chi connectivity index (χ4n) is 3.27. The molecule has 2 atom stereocenters. The topological polar surface area (TPSA) is 41.5 Å². The maximum atomic E-state index is 14.2. The molecule has 1 aliphatic heterocycles. The fourth-order valence-corrected chi connectivity index (χ4v) is 3.27. The summed E-state index contributed by atoms with van der Waals surface area (Å²) in [5, 5.41) is 14.6. The van der Waals surface area contributed by atoms with Crippen molar-refractivity contribution in [2.75, 3.05) is 26.8 Å². The Morgan fingerprint density at radius 3 is 2.86 bits per heavy atom. The second-order valence-electron chi connectivity index (χ2n) is 5.90. The van der Waals surface area contributed by atoms with Crippen molar-refractivity contribution in [3.05, 3.63) is 35.6 Å². The van der Waals surface area contributed by atoms with Gasteiger partial charge in [-0.15, -0.1) is 0 Å². The lowest BCUT2D eigenvalue weighted by atomic mass is 9.74. The van der Waals surface area contributed by atoms with Crippen LogP contribution in [0.15, 0.2) is 24.3 Å². The van der Waals surface area contributed by atoms with Gasteiger partial charge < -0.3 is 15.2 Å². The summed E-state index contributed by atoms with van der Waals surface area (Å²) in [4.78, 5) is 0. The Morgan fingerprint density at radius 1 is 1.38 bits per heavy atom. The molecular weight excluding hydrogens is 269 g/mol. The number of rotatable bonds is 7. The summed E-state index contributed by atoms with van der Waals surface area (Å²) in [5.74, 6) is -0.247. The van der Waals surface area contributed by atoms with Crippen LogP contribution in [-0.4, -0.2) is 31.9 Å². The monoisotopic (exact) mass is 295 g/mol. The summed E-state index contributed by atoms with van der Waals surface area (Å²) < 4.78 is 19.3. The van der Waals surface area contributed by atoms with Crippen LogP contribution in [0.25, 0.3) is 0 Å². The van der Waals surface area contributed by atoms with Gasteiger partial charge in [0.25, 0.3) is 0 Å². The van der Waals surface area contributed by atoms with Crippen LogP contribution in [0.4, 0.5) is 4.39 Å². The van der Waals surface area contributed by atoms with Crippen LogP contribution in [0.5, 0.6) is 0 Å². The number of ether oxygens (including phenoxy) is 1. The average molecular weight is 295 g/mol. The molecular formula is C17H26FNO2. The number of hydrogen-bond acceptors (Lipinski definition) is 3. The zero-order valence-electron chi connectivity index (χ0n) is 12.8. The molecule has 1 fully saturated rings.